The minimum absolute atomic E-state index is 0.0116. The van der Waals surface area contributed by atoms with Crippen LogP contribution in [0.15, 0.2) is 12.1 Å². The van der Waals surface area contributed by atoms with Crippen LogP contribution in [0, 0.1) is 17.0 Å². The SMILES string of the molecule is Cc1ccc(C(C)(C)C)c(B(O)O)c1[N+](=O)[O-]. The number of rotatable bonds is 2. The van der Waals surface area contributed by atoms with Crippen molar-refractivity contribution in [3.8, 4) is 0 Å². The molecule has 92 valence electrons. The Bertz CT molecular complexity index is 452. The van der Waals surface area contributed by atoms with E-state index in [9.17, 15) is 20.2 Å². The summed E-state index contributed by atoms with van der Waals surface area (Å²) in [6, 6.07) is 3.34. The molecule has 1 aromatic carbocycles. The lowest BCUT2D eigenvalue weighted by molar-refractivity contribution is -0.384. The van der Waals surface area contributed by atoms with Crippen LogP contribution in [0.3, 0.4) is 0 Å². The summed E-state index contributed by atoms with van der Waals surface area (Å²) in [5.41, 5.74) is 0.378. The lowest BCUT2D eigenvalue weighted by atomic mass is 9.68. The van der Waals surface area contributed by atoms with Gasteiger partial charge in [-0.25, -0.2) is 0 Å². The van der Waals surface area contributed by atoms with Crippen molar-refractivity contribution >= 4 is 18.3 Å². The van der Waals surface area contributed by atoms with Gasteiger partial charge in [0.2, 0.25) is 0 Å². The van der Waals surface area contributed by atoms with E-state index in [0.29, 0.717) is 11.1 Å². The summed E-state index contributed by atoms with van der Waals surface area (Å²) in [7, 11) is -1.84. The number of benzene rings is 1. The number of nitro benzene ring substituents is 1. The van der Waals surface area contributed by atoms with E-state index in [-0.39, 0.29) is 11.2 Å². The number of nitrogens with zero attached hydrogens (tertiary/aromatic N) is 1. The van der Waals surface area contributed by atoms with Gasteiger partial charge in [0, 0.05) is 5.56 Å². The average molecular weight is 237 g/mol. The van der Waals surface area contributed by atoms with E-state index in [0.717, 1.165) is 0 Å². The molecule has 0 fully saturated rings. The smallest absolute Gasteiger partial charge is 0.423 e. The molecule has 0 heterocycles. The predicted molar refractivity (Wildman–Crippen MR) is 66.4 cm³/mol. The second kappa shape index (κ2) is 4.47. The highest BCUT2D eigenvalue weighted by Gasteiger charge is 2.33. The molecule has 17 heavy (non-hydrogen) atoms. The third-order valence-corrected chi connectivity index (χ3v) is 2.67. The molecule has 0 amide bonds. The second-order valence-electron chi connectivity index (χ2n) is 5.07. The molecule has 0 radical (unpaired) electrons. The molecule has 0 aliphatic heterocycles. The van der Waals surface area contributed by atoms with Crippen LogP contribution in [0.25, 0.3) is 0 Å². The summed E-state index contributed by atoms with van der Waals surface area (Å²) in [5, 5.41) is 29.8. The van der Waals surface area contributed by atoms with Crippen molar-refractivity contribution in [3.05, 3.63) is 33.4 Å². The molecule has 2 N–H and O–H groups in total. The standard InChI is InChI=1S/C11H16BNO4/c1-7-5-6-8(11(2,3)4)9(12(14)15)10(7)13(16)17/h5-6,14-15H,1-4H3. The van der Waals surface area contributed by atoms with Crippen molar-refractivity contribution in [1.82, 2.24) is 0 Å². The van der Waals surface area contributed by atoms with Crippen molar-refractivity contribution in [3.63, 3.8) is 0 Å². The van der Waals surface area contributed by atoms with Crippen molar-refractivity contribution in [1.29, 1.82) is 0 Å². The Kier molecular flexibility index (Phi) is 3.59. The minimum Gasteiger partial charge on any atom is -0.423 e. The molecule has 0 atom stereocenters. The Balaban J connectivity index is 3.65. The van der Waals surface area contributed by atoms with Crippen molar-refractivity contribution in [2.45, 2.75) is 33.1 Å². The maximum Gasteiger partial charge on any atom is 0.495 e. The summed E-state index contributed by atoms with van der Waals surface area (Å²) in [6.07, 6.45) is 0. The van der Waals surface area contributed by atoms with E-state index in [1.807, 2.05) is 20.8 Å². The molecule has 6 heteroatoms. The van der Waals surface area contributed by atoms with E-state index in [1.165, 1.54) is 0 Å². The van der Waals surface area contributed by atoms with Gasteiger partial charge in [-0.15, -0.1) is 0 Å². The lowest BCUT2D eigenvalue weighted by Gasteiger charge is -2.23. The maximum atomic E-state index is 11.0. The van der Waals surface area contributed by atoms with Crippen LogP contribution in [0.5, 0.6) is 0 Å². The fourth-order valence-corrected chi connectivity index (χ4v) is 1.87. The van der Waals surface area contributed by atoms with Crippen LogP contribution in [-0.2, 0) is 5.41 Å². The van der Waals surface area contributed by atoms with Gasteiger partial charge in [-0.05, 0) is 17.9 Å². The summed E-state index contributed by atoms with van der Waals surface area (Å²) in [4.78, 5) is 10.4. The third kappa shape index (κ3) is 2.65. The van der Waals surface area contributed by atoms with Crippen molar-refractivity contribution < 1.29 is 15.0 Å². The Hall–Kier alpha value is -1.40. The highest BCUT2D eigenvalue weighted by molar-refractivity contribution is 6.61. The molecule has 0 aliphatic rings. The number of nitro groups is 1. The number of aryl methyl sites for hydroxylation is 1. The molecular weight excluding hydrogens is 221 g/mol. The first-order valence-electron chi connectivity index (χ1n) is 5.30. The highest BCUT2D eigenvalue weighted by atomic mass is 16.6. The first-order chi connectivity index (χ1) is 7.66. The Morgan fingerprint density at radius 3 is 2.18 bits per heavy atom. The first kappa shape index (κ1) is 13.7. The summed E-state index contributed by atoms with van der Waals surface area (Å²) >= 11 is 0. The van der Waals surface area contributed by atoms with Gasteiger partial charge in [0.05, 0.1) is 10.4 Å². The van der Waals surface area contributed by atoms with Gasteiger partial charge in [-0.3, -0.25) is 10.1 Å². The molecule has 0 saturated heterocycles. The van der Waals surface area contributed by atoms with Gasteiger partial charge in [0.15, 0.2) is 0 Å². The van der Waals surface area contributed by atoms with Crippen molar-refractivity contribution in [2.75, 3.05) is 0 Å². The van der Waals surface area contributed by atoms with Crippen LogP contribution in [0.2, 0.25) is 0 Å². The highest BCUT2D eigenvalue weighted by Crippen LogP contribution is 2.26. The quantitative estimate of drug-likeness (QED) is 0.454. The molecule has 1 aromatic rings. The van der Waals surface area contributed by atoms with Crippen LogP contribution < -0.4 is 5.46 Å². The largest absolute Gasteiger partial charge is 0.495 e. The van der Waals surface area contributed by atoms with E-state index >= 15 is 0 Å². The van der Waals surface area contributed by atoms with Gasteiger partial charge in [0.25, 0.3) is 5.69 Å². The number of hydrogen-bond donors (Lipinski definition) is 2. The average Bonchev–Trinajstić information content (AvgIpc) is 2.14. The first-order valence-corrected chi connectivity index (χ1v) is 5.30. The third-order valence-electron chi connectivity index (χ3n) is 2.67. The van der Waals surface area contributed by atoms with E-state index in [1.54, 1.807) is 19.1 Å². The van der Waals surface area contributed by atoms with Crippen LogP contribution >= 0.6 is 0 Å². The Labute approximate surface area is 100 Å². The zero-order valence-corrected chi connectivity index (χ0v) is 10.4. The fourth-order valence-electron chi connectivity index (χ4n) is 1.87. The normalized spacial score (nSPS) is 11.4. The minimum atomic E-state index is -1.84. The van der Waals surface area contributed by atoms with E-state index < -0.39 is 17.5 Å². The van der Waals surface area contributed by atoms with Gasteiger partial charge in [-0.1, -0.05) is 32.9 Å². The van der Waals surface area contributed by atoms with Crippen LogP contribution in [0.4, 0.5) is 5.69 Å². The molecule has 0 aliphatic carbocycles. The predicted octanol–water partition coefficient (Wildman–Crippen LogP) is 0.881. The second-order valence-corrected chi connectivity index (χ2v) is 5.07. The topological polar surface area (TPSA) is 83.6 Å². The monoisotopic (exact) mass is 237 g/mol. The van der Waals surface area contributed by atoms with E-state index in [4.69, 9.17) is 0 Å². The molecule has 0 aromatic heterocycles. The Morgan fingerprint density at radius 1 is 1.29 bits per heavy atom. The van der Waals surface area contributed by atoms with Gasteiger partial charge in [0.1, 0.15) is 0 Å². The molecule has 0 saturated carbocycles. The molecule has 1 rings (SSSR count). The van der Waals surface area contributed by atoms with Crippen LogP contribution in [-0.4, -0.2) is 22.1 Å². The van der Waals surface area contributed by atoms with Crippen molar-refractivity contribution in [2.24, 2.45) is 0 Å². The maximum absolute atomic E-state index is 11.0. The number of hydrogen-bond acceptors (Lipinski definition) is 4. The lowest BCUT2D eigenvalue weighted by Crippen LogP contribution is -2.39. The van der Waals surface area contributed by atoms with Gasteiger partial charge >= 0.3 is 7.12 Å². The molecule has 5 nitrogen and oxygen atoms in total. The summed E-state index contributed by atoms with van der Waals surface area (Å²) in [6.45, 7) is 7.18. The molecular formula is C11H16BNO4. The van der Waals surface area contributed by atoms with Gasteiger partial charge < -0.3 is 10.0 Å². The Morgan fingerprint density at radius 2 is 1.82 bits per heavy atom. The van der Waals surface area contributed by atoms with Crippen LogP contribution in [0.1, 0.15) is 31.9 Å². The summed E-state index contributed by atoms with van der Waals surface area (Å²) in [5.74, 6) is 0. The molecule has 0 spiro atoms. The van der Waals surface area contributed by atoms with E-state index in [2.05, 4.69) is 0 Å². The molecule has 0 unspecified atom stereocenters. The zero-order valence-electron chi connectivity index (χ0n) is 10.4. The fraction of sp³-hybridized carbons (Fsp3) is 0.455. The molecule has 0 bridgehead atoms. The van der Waals surface area contributed by atoms with Gasteiger partial charge in [-0.2, -0.15) is 0 Å². The summed E-state index contributed by atoms with van der Waals surface area (Å²) < 4.78 is 0. The zero-order chi connectivity index (χ0) is 13.4.